The Morgan fingerprint density at radius 3 is 2.85 bits per heavy atom. The predicted octanol–water partition coefficient (Wildman–Crippen LogP) is 3.05. The first kappa shape index (κ1) is 14.7. The second-order valence-electron chi connectivity index (χ2n) is 4.95. The maximum absolute atomic E-state index is 5.56. The quantitative estimate of drug-likeness (QED) is 0.867. The first-order valence-electron chi connectivity index (χ1n) is 7.00. The van der Waals surface area contributed by atoms with Gasteiger partial charge < -0.3 is 19.5 Å². The smallest absolute Gasteiger partial charge is 0.127 e. The van der Waals surface area contributed by atoms with Crippen LogP contribution in [0.1, 0.15) is 31.4 Å². The van der Waals surface area contributed by atoms with Crippen LogP contribution in [0.4, 0.5) is 0 Å². The number of hydrogen-bond donors (Lipinski definition) is 1. The third-order valence-electron chi connectivity index (χ3n) is 3.58. The van der Waals surface area contributed by atoms with Crippen LogP contribution >= 0.6 is 0 Å². The molecule has 0 fully saturated rings. The zero-order valence-electron chi connectivity index (χ0n) is 12.4. The van der Waals surface area contributed by atoms with Gasteiger partial charge in [-0.2, -0.15) is 0 Å². The van der Waals surface area contributed by atoms with Gasteiger partial charge >= 0.3 is 0 Å². The number of nitrogens with one attached hydrogen (secondary N) is 1. The average molecular weight is 277 g/mol. The second-order valence-corrected chi connectivity index (χ2v) is 4.95. The molecule has 0 radical (unpaired) electrons. The van der Waals surface area contributed by atoms with E-state index in [0.717, 1.165) is 36.4 Å². The normalized spacial score (nSPS) is 19.2. The van der Waals surface area contributed by atoms with Crippen LogP contribution in [0.15, 0.2) is 30.5 Å². The van der Waals surface area contributed by atoms with Crippen LogP contribution in [0.3, 0.4) is 0 Å². The van der Waals surface area contributed by atoms with Gasteiger partial charge in [0, 0.05) is 24.2 Å². The SMILES string of the molecule is COc1ccc(C(C)NCC2CCC=CO2)c(OC)c1. The Kier molecular flexibility index (Phi) is 5.30. The van der Waals surface area contributed by atoms with Crippen LogP contribution in [0.25, 0.3) is 0 Å². The van der Waals surface area contributed by atoms with Crippen LogP contribution < -0.4 is 14.8 Å². The van der Waals surface area contributed by atoms with E-state index in [1.807, 2.05) is 18.2 Å². The third-order valence-corrected chi connectivity index (χ3v) is 3.58. The Morgan fingerprint density at radius 2 is 2.20 bits per heavy atom. The van der Waals surface area contributed by atoms with Gasteiger partial charge in [0.1, 0.15) is 17.6 Å². The first-order chi connectivity index (χ1) is 9.74. The van der Waals surface area contributed by atoms with Crippen molar-refractivity contribution in [2.24, 2.45) is 0 Å². The lowest BCUT2D eigenvalue weighted by Gasteiger charge is -2.23. The van der Waals surface area contributed by atoms with Crippen molar-refractivity contribution >= 4 is 0 Å². The maximum Gasteiger partial charge on any atom is 0.127 e. The molecule has 1 aromatic rings. The molecule has 0 aliphatic carbocycles. The summed E-state index contributed by atoms with van der Waals surface area (Å²) in [7, 11) is 3.34. The van der Waals surface area contributed by atoms with Crippen molar-refractivity contribution < 1.29 is 14.2 Å². The van der Waals surface area contributed by atoms with Gasteiger partial charge in [0.05, 0.1) is 20.5 Å². The predicted molar refractivity (Wildman–Crippen MR) is 79.2 cm³/mol. The Labute approximate surface area is 120 Å². The highest BCUT2D eigenvalue weighted by atomic mass is 16.5. The summed E-state index contributed by atoms with van der Waals surface area (Å²) in [6.45, 7) is 2.96. The van der Waals surface area contributed by atoms with E-state index >= 15 is 0 Å². The summed E-state index contributed by atoms with van der Waals surface area (Å²) >= 11 is 0. The van der Waals surface area contributed by atoms with Gasteiger partial charge in [-0.05, 0) is 31.9 Å². The van der Waals surface area contributed by atoms with Crippen LogP contribution in [0.5, 0.6) is 11.5 Å². The van der Waals surface area contributed by atoms with E-state index in [2.05, 4.69) is 18.3 Å². The van der Waals surface area contributed by atoms with Crippen LogP contribution in [-0.2, 0) is 4.74 Å². The minimum Gasteiger partial charge on any atom is -0.497 e. The highest BCUT2D eigenvalue weighted by Crippen LogP contribution is 2.29. The molecule has 4 nitrogen and oxygen atoms in total. The Morgan fingerprint density at radius 1 is 1.35 bits per heavy atom. The van der Waals surface area contributed by atoms with Crippen molar-refractivity contribution in [3.8, 4) is 11.5 Å². The van der Waals surface area contributed by atoms with Crippen LogP contribution in [-0.4, -0.2) is 26.9 Å². The number of rotatable bonds is 6. The molecule has 1 N–H and O–H groups in total. The maximum atomic E-state index is 5.56. The standard InChI is InChI=1S/C16H23NO3/c1-12(17-11-14-6-4-5-9-20-14)15-8-7-13(18-2)10-16(15)19-3/h5,7-10,12,14,17H,4,6,11H2,1-3H3. The van der Waals surface area contributed by atoms with Crippen LogP contribution in [0, 0.1) is 0 Å². The Hall–Kier alpha value is -1.68. The number of allylic oxidation sites excluding steroid dienone is 1. The van der Waals surface area contributed by atoms with Crippen LogP contribution in [0.2, 0.25) is 0 Å². The Bertz CT molecular complexity index is 459. The van der Waals surface area contributed by atoms with Gasteiger partial charge in [0.25, 0.3) is 0 Å². The van der Waals surface area contributed by atoms with E-state index in [1.54, 1.807) is 20.5 Å². The van der Waals surface area contributed by atoms with Gasteiger partial charge in [-0.1, -0.05) is 6.07 Å². The molecule has 2 rings (SSSR count). The van der Waals surface area contributed by atoms with E-state index in [0.29, 0.717) is 0 Å². The van der Waals surface area contributed by atoms with E-state index in [9.17, 15) is 0 Å². The zero-order chi connectivity index (χ0) is 14.4. The summed E-state index contributed by atoms with van der Waals surface area (Å²) in [5, 5.41) is 3.50. The molecule has 0 spiro atoms. The Balaban J connectivity index is 1.97. The molecule has 0 saturated heterocycles. The summed E-state index contributed by atoms with van der Waals surface area (Å²) in [5.74, 6) is 1.65. The number of ether oxygens (including phenoxy) is 3. The molecular weight excluding hydrogens is 254 g/mol. The molecule has 1 heterocycles. The number of hydrogen-bond acceptors (Lipinski definition) is 4. The first-order valence-corrected chi connectivity index (χ1v) is 7.00. The molecule has 1 aliphatic rings. The summed E-state index contributed by atoms with van der Waals surface area (Å²) < 4.78 is 16.2. The molecule has 110 valence electrons. The number of methoxy groups -OCH3 is 2. The fraction of sp³-hybridized carbons (Fsp3) is 0.500. The number of benzene rings is 1. The van der Waals surface area contributed by atoms with Crippen molar-refractivity contribution in [2.75, 3.05) is 20.8 Å². The van der Waals surface area contributed by atoms with Gasteiger partial charge in [0.2, 0.25) is 0 Å². The molecule has 2 atom stereocenters. The zero-order valence-corrected chi connectivity index (χ0v) is 12.4. The average Bonchev–Trinajstić information content (AvgIpc) is 2.52. The van der Waals surface area contributed by atoms with Gasteiger partial charge in [-0.25, -0.2) is 0 Å². The summed E-state index contributed by atoms with van der Waals surface area (Å²) in [4.78, 5) is 0. The third kappa shape index (κ3) is 3.67. The van der Waals surface area contributed by atoms with Gasteiger partial charge in [-0.15, -0.1) is 0 Å². The minimum atomic E-state index is 0.199. The lowest BCUT2D eigenvalue weighted by molar-refractivity contribution is 0.119. The van der Waals surface area contributed by atoms with E-state index < -0.39 is 0 Å². The molecule has 1 aliphatic heterocycles. The van der Waals surface area contributed by atoms with E-state index in [4.69, 9.17) is 14.2 Å². The fourth-order valence-electron chi connectivity index (χ4n) is 2.33. The highest BCUT2D eigenvalue weighted by molar-refractivity contribution is 5.42. The molecule has 4 heteroatoms. The lowest BCUT2D eigenvalue weighted by Crippen LogP contribution is -2.31. The molecule has 0 amide bonds. The van der Waals surface area contributed by atoms with Crippen molar-refractivity contribution in [1.29, 1.82) is 0 Å². The van der Waals surface area contributed by atoms with Crippen molar-refractivity contribution in [1.82, 2.24) is 5.32 Å². The highest BCUT2D eigenvalue weighted by Gasteiger charge is 2.16. The molecule has 0 bridgehead atoms. The summed E-state index contributed by atoms with van der Waals surface area (Å²) in [6, 6.07) is 6.10. The molecule has 0 saturated carbocycles. The fourth-order valence-corrected chi connectivity index (χ4v) is 2.33. The van der Waals surface area contributed by atoms with Gasteiger partial charge in [0.15, 0.2) is 0 Å². The topological polar surface area (TPSA) is 39.7 Å². The van der Waals surface area contributed by atoms with E-state index in [1.165, 1.54) is 0 Å². The molecule has 1 aromatic carbocycles. The molecule has 0 aromatic heterocycles. The summed E-state index contributed by atoms with van der Waals surface area (Å²) in [6.07, 6.45) is 6.27. The van der Waals surface area contributed by atoms with Crippen molar-refractivity contribution in [3.05, 3.63) is 36.1 Å². The molecule has 2 unspecified atom stereocenters. The van der Waals surface area contributed by atoms with Gasteiger partial charge in [-0.3, -0.25) is 0 Å². The minimum absolute atomic E-state index is 0.199. The molecular formula is C16H23NO3. The summed E-state index contributed by atoms with van der Waals surface area (Å²) in [5.41, 5.74) is 1.12. The largest absolute Gasteiger partial charge is 0.497 e. The lowest BCUT2D eigenvalue weighted by atomic mass is 10.1. The van der Waals surface area contributed by atoms with Crippen molar-refractivity contribution in [3.63, 3.8) is 0 Å². The second kappa shape index (κ2) is 7.20. The molecule has 20 heavy (non-hydrogen) atoms. The monoisotopic (exact) mass is 277 g/mol. The van der Waals surface area contributed by atoms with E-state index in [-0.39, 0.29) is 12.1 Å². The van der Waals surface area contributed by atoms with Crippen molar-refractivity contribution in [2.45, 2.75) is 31.9 Å².